The van der Waals surface area contributed by atoms with E-state index in [0.717, 1.165) is 5.56 Å². The Hall–Kier alpha value is -1.77. The van der Waals surface area contributed by atoms with Gasteiger partial charge in [0.25, 0.3) is 0 Å². The number of benzene rings is 1. The number of carbonyl (C=O) groups excluding carboxylic acids is 1. The maximum atomic E-state index is 11.1. The van der Waals surface area contributed by atoms with E-state index >= 15 is 0 Å². The summed E-state index contributed by atoms with van der Waals surface area (Å²) < 4.78 is 0. The van der Waals surface area contributed by atoms with Crippen molar-refractivity contribution in [3.05, 3.63) is 47.7 Å². The molecular formula is C11H11NO2. The maximum Gasteiger partial charge on any atom is 0.247 e. The van der Waals surface area contributed by atoms with Crippen LogP contribution in [0.5, 0.6) is 0 Å². The fourth-order valence-electron chi connectivity index (χ4n) is 1.57. The van der Waals surface area contributed by atoms with Gasteiger partial charge in [0.1, 0.15) is 5.76 Å². The second kappa shape index (κ2) is 3.54. The third-order valence-corrected chi connectivity index (χ3v) is 2.23. The van der Waals surface area contributed by atoms with Crippen molar-refractivity contribution in [1.29, 1.82) is 0 Å². The van der Waals surface area contributed by atoms with Crippen LogP contribution < -0.4 is 5.32 Å². The second-order valence-corrected chi connectivity index (χ2v) is 3.31. The Morgan fingerprint density at radius 1 is 1.29 bits per heavy atom. The van der Waals surface area contributed by atoms with Crippen LogP contribution in [0.15, 0.2) is 42.2 Å². The molecule has 3 nitrogen and oxygen atoms in total. The van der Waals surface area contributed by atoms with Crippen molar-refractivity contribution in [2.24, 2.45) is 0 Å². The Morgan fingerprint density at radius 2 is 2.00 bits per heavy atom. The van der Waals surface area contributed by atoms with Crippen LogP contribution in [0, 0.1) is 0 Å². The Balaban J connectivity index is 2.22. The highest BCUT2D eigenvalue weighted by atomic mass is 16.3. The number of hydrogen-bond donors (Lipinski definition) is 2. The molecule has 0 saturated carbocycles. The molecule has 0 aromatic heterocycles. The van der Waals surface area contributed by atoms with Crippen molar-refractivity contribution < 1.29 is 9.90 Å². The maximum absolute atomic E-state index is 11.1. The first-order valence-corrected chi connectivity index (χ1v) is 4.50. The average Bonchev–Trinajstić information content (AvgIpc) is 2.18. The van der Waals surface area contributed by atoms with Crippen molar-refractivity contribution in [3.8, 4) is 0 Å². The summed E-state index contributed by atoms with van der Waals surface area (Å²) in [5.74, 6) is -0.0924. The summed E-state index contributed by atoms with van der Waals surface area (Å²) in [6.45, 7) is 0. The zero-order valence-corrected chi connectivity index (χ0v) is 7.60. The van der Waals surface area contributed by atoms with Gasteiger partial charge in [-0.2, -0.15) is 0 Å². The van der Waals surface area contributed by atoms with Crippen LogP contribution in [0.25, 0.3) is 0 Å². The number of rotatable bonds is 1. The van der Waals surface area contributed by atoms with E-state index in [2.05, 4.69) is 5.32 Å². The number of aliphatic hydroxyl groups is 1. The van der Waals surface area contributed by atoms with Gasteiger partial charge in [-0.05, 0) is 5.56 Å². The Bertz CT molecular complexity index is 370. The summed E-state index contributed by atoms with van der Waals surface area (Å²) in [7, 11) is 0. The second-order valence-electron chi connectivity index (χ2n) is 3.31. The number of carbonyl (C=O) groups is 1. The third-order valence-electron chi connectivity index (χ3n) is 2.23. The number of hydrogen-bond acceptors (Lipinski definition) is 2. The molecule has 0 bridgehead atoms. The molecule has 0 spiro atoms. The van der Waals surface area contributed by atoms with Gasteiger partial charge in [-0.3, -0.25) is 4.79 Å². The summed E-state index contributed by atoms with van der Waals surface area (Å²) in [4.78, 5) is 11.1. The van der Waals surface area contributed by atoms with E-state index in [1.165, 1.54) is 6.08 Å². The van der Waals surface area contributed by atoms with Gasteiger partial charge in [0.15, 0.2) is 0 Å². The van der Waals surface area contributed by atoms with E-state index in [1.54, 1.807) is 0 Å². The molecule has 0 aliphatic carbocycles. The van der Waals surface area contributed by atoms with Crippen LogP contribution in [0.1, 0.15) is 18.0 Å². The van der Waals surface area contributed by atoms with Crippen LogP contribution in [0.2, 0.25) is 0 Å². The van der Waals surface area contributed by atoms with Crippen LogP contribution in [-0.2, 0) is 4.79 Å². The first kappa shape index (κ1) is 8.81. The number of aliphatic hydroxyl groups excluding tert-OH is 1. The monoisotopic (exact) mass is 189 g/mol. The van der Waals surface area contributed by atoms with Crippen molar-refractivity contribution >= 4 is 5.91 Å². The van der Waals surface area contributed by atoms with Gasteiger partial charge in [-0.1, -0.05) is 30.3 Å². The summed E-state index contributed by atoms with van der Waals surface area (Å²) in [6, 6.07) is 9.51. The Kier molecular flexibility index (Phi) is 2.23. The fraction of sp³-hybridized carbons (Fsp3) is 0.182. The lowest BCUT2D eigenvalue weighted by atomic mass is 10.0. The topological polar surface area (TPSA) is 49.3 Å². The zero-order chi connectivity index (χ0) is 9.97. The van der Waals surface area contributed by atoms with E-state index in [1.807, 2.05) is 30.3 Å². The standard InChI is InChI=1S/C11H11NO2/c13-9-6-10(12-11(14)7-9)8-4-2-1-3-5-8/h1-5,7,10,13H,6H2,(H,12,14)/t10-/m0/s1. The molecule has 1 heterocycles. The molecule has 0 fully saturated rings. The smallest absolute Gasteiger partial charge is 0.247 e. The largest absolute Gasteiger partial charge is 0.512 e. The van der Waals surface area contributed by atoms with Crippen LogP contribution in [0.4, 0.5) is 0 Å². The van der Waals surface area contributed by atoms with E-state index in [4.69, 9.17) is 0 Å². The highest BCUT2D eigenvalue weighted by Crippen LogP contribution is 2.22. The van der Waals surface area contributed by atoms with Crippen LogP contribution >= 0.6 is 0 Å². The summed E-state index contributed by atoms with van der Waals surface area (Å²) in [5.41, 5.74) is 1.01. The molecule has 1 aromatic carbocycles. The first-order chi connectivity index (χ1) is 6.75. The van der Waals surface area contributed by atoms with Crippen molar-refractivity contribution in [2.45, 2.75) is 12.5 Å². The predicted molar refractivity (Wildman–Crippen MR) is 52.7 cm³/mol. The first-order valence-electron chi connectivity index (χ1n) is 4.50. The van der Waals surface area contributed by atoms with Crippen molar-refractivity contribution in [2.75, 3.05) is 0 Å². The van der Waals surface area contributed by atoms with E-state index < -0.39 is 0 Å². The summed E-state index contributed by atoms with van der Waals surface area (Å²) >= 11 is 0. The van der Waals surface area contributed by atoms with E-state index in [0.29, 0.717) is 6.42 Å². The fourth-order valence-corrected chi connectivity index (χ4v) is 1.57. The minimum Gasteiger partial charge on any atom is -0.512 e. The van der Waals surface area contributed by atoms with E-state index in [-0.39, 0.29) is 17.7 Å². The molecule has 2 rings (SSSR count). The van der Waals surface area contributed by atoms with Gasteiger partial charge in [0.2, 0.25) is 5.91 Å². The molecule has 14 heavy (non-hydrogen) atoms. The molecule has 2 N–H and O–H groups in total. The predicted octanol–water partition coefficient (Wildman–Crippen LogP) is 1.69. The molecule has 0 saturated heterocycles. The minimum absolute atomic E-state index is 0.103. The lowest BCUT2D eigenvalue weighted by molar-refractivity contribution is -0.117. The molecule has 72 valence electrons. The van der Waals surface area contributed by atoms with Gasteiger partial charge in [-0.15, -0.1) is 0 Å². The van der Waals surface area contributed by atoms with Gasteiger partial charge < -0.3 is 10.4 Å². The normalized spacial score (nSPS) is 21.3. The quantitative estimate of drug-likeness (QED) is 0.706. The third kappa shape index (κ3) is 1.76. The molecule has 0 unspecified atom stereocenters. The Labute approximate surface area is 82.1 Å². The van der Waals surface area contributed by atoms with Crippen LogP contribution in [-0.4, -0.2) is 11.0 Å². The molecule has 1 aliphatic heterocycles. The zero-order valence-electron chi connectivity index (χ0n) is 7.60. The highest BCUT2D eigenvalue weighted by Gasteiger charge is 2.19. The molecule has 3 heteroatoms. The Morgan fingerprint density at radius 3 is 2.64 bits per heavy atom. The molecule has 0 radical (unpaired) electrons. The van der Waals surface area contributed by atoms with Gasteiger partial charge in [0, 0.05) is 12.5 Å². The molecule has 1 amide bonds. The van der Waals surface area contributed by atoms with Gasteiger partial charge in [-0.25, -0.2) is 0 Å². The van der Waals surface area contributed by atoms with Gasteiger partial charge in [0.05, 0.1) is 6.04 Å². The summed E-state index contributed by atoms with van der Waals surface area (Å²) in [6.07, 6.45) is 1.69. The summed E-state index contributed by atoms with van der Waals surface area (Å²) in [5, 5.41) is 12.1. The van der Waals surface area contributed by atoms with Gasteiger partial charge >= 0.3 is 0 Å². The number of nitrogens with one attached hydrogen (secondary N) is 1. The molecular weight excluding hydrogens is 178 g/mol. The minimum atomic E-state index is -0.234. The van der Waals surface area contributed by atoms with Crippen LogP contribution in [0.3, 0.4) is 0 Å². The highest BCUT2D eigenvalue weighted by molar-refractivity contribution is 5.89. The van der Waals surface area contributed by atoms with E-state index in [9.17, 15) is 9.90 Å². The average molecular weight is 189 g/mol. The SMILES string of the molecule is O=C1C=C(O)C[C@@H](c2ccccc2)N1. The lowest BCUT2D eigenvalue weighted by Crippen LogP contribution is -2.31. The molecule has 1 atom stereocenters. The molecule has 1 aromatic rings. The lowest BCUT2D eigenvalue weighted by Gasteiger charge is -2.21. The van der Waals surface area contributed by atoms with Crippen molar-refractivity contribution in [1.82, 2.24) is 5.32 Å². The number of amides is 1. The molecule has 1 aliphatic rings. The van der Waals surface area contributed by atoms with Crippen molar-refractivity contribution in [3.63, 3.8) is 0 Å².